The van der Waals surface area contributed by atoms with Crippen LogP contribution in [0.15, 0.2) is 34.5 Å². The molecule has 0 amide bonds. The van der Waals surface area contributed by atoms with Crippen molar-refractivity contribution in [2.45, 2.75) is 13.8 Å². The predicted molar refractivity (Wildman–Crippen MR) is 70.1 cm³/mol. The third kappa shape index (κ3) is 2.36. The van der Waals surface area contributed by atoms with Crippen molar-refractivity contribution in [2.24, 2.45) is 17.3 Å². The van der Waals surface area contributed by atoms with Crippen molar-refractivity contribution in [3.63, 3.8) is 0 Å². The maximum Gasteiger partial charge on any atom is 0.179 e. The minimum absolute atomic E-state index is 0.472. The van der Waals surface area contributed by atoms with Gasteiger partial charge in [-0.05, 0) is 13.8 Å². The Morgan fingerprint density at radius 2 is 1.88 bits per heavy atom. The monoisotopic (exact) mass is 248 g/mol. The number of nitrogens with zero attached hydrogens (tertiary/aromatic N) is 4. The smallest absolute Gasteiger partial charge is 0.179 e. The Morgan fingerprint density at radius 1 is 1.24 bits per heavy atom. The molecule has 0 aliphatic rings. The molecule has 17 heavy (non-hydrogen) atoms. The number of aryl methyl sites for hydroxylation is 1. The van der Waals surface area contributed by atoms with Crippen LogP contribution in [0.4, 0.5) is 0 Å². The Balaban J connectivity index is 2.88. The van der Waals surface area contributed by atoms with Gasteiger partial charge in [-0.2, -0.15) is 10.2 Å². The van der Waals surface area contributed by atoms with E-state index >= 15 is 0 Å². The summed E-state index contributed by atoms with van der Waals surface area (Å²) in [5.74, 6) is 0. The number of benzene rings is 1. The highest BCUT2D eigenvalue weighted by atomic mass is 35.5. The first kappa shape index (κ1) is 11.8. The Morgan fingerprint density at radius 3 is 2.53 bits per heavy atom. The van der Waals surface area contributed by atoms with Crippen molar-refractivity contribution in [3.05, 3.63) is 34.9 Å². The van der Waals surface area contributed by atoms with E-state index in [2.05, 4.69) is 15.3 Å². The molecule has 0 unspecified atom stereocenters. The Bertz CT molecular complexity index is 651. The molecule has 0 radical (unpaired) electrons. The fraction of sp³-hybridized carbons (Fsp3) is 0.250. The number of rotatable bonds is 1. The summed E-state index contributed by atoms with van der Waals surface area (Å²) in [4.78, 5) is 0. The molecule has 0 spiro atoms. The molecule has 0 N–H and O–H groups in total. The summed E-state index contributed by atoms with van der Waals surface area (Å²) in [5, 5.41) is 14.8. The van der Waals surface area contributed by atoms with Crippen molar-refractivity contribution in [1.82, 2.24) is 9.78 Å². The lowest BCUT2D eigenvalue weighted by Crippen LogP contribution is -2.21. The summed E-state index contributed by atoms with van der Waals surface area (Å²) >= 11 is 6.09. The zero-order valence-corrected chi connectivity index (χ0v) is 10.7. The molecular formula is C12H13ClN4. The average Bonchev–Trinajstić information content (AvgIpc) is 2.28. The van der Waals surface area contributed by atoms with Gasteiger partial charge in [0, 0.05) is 23.5 Å². The Kier molecular flexibility index (Phi) is 3.24. The number of aromatic nitrogens is 2. The third-order valence-electron chi connectivity index (χ3n) is 2.28. The van der Waals surface area contributed by atoms with E-state index in [1.165, 1.54) is 0 Å². The number of hydrogen-bond acceptors (Lipinski definition) is 3. The number of halogens is 1. The first-order chi connectivity index (χ1) is 8.09. The minimum atomic E-state index is 0.472. The maximum atomic E-state index is 6.09. The van der Waals surface area contributed by atoms with Crippen LogP contribution in [0.5, 0.6) is 0 Å². The topological polar surface area (TPSA) is 42.5 Å². The van der Waals surface area contributed by atoms with Gasteiger partial charge in [-0.1, -0.05) is 35.9 Å². The lowest BCUT2D eigenvalue weighted by molar-refractivity contribution is 0.696. The second-order valence-corrected chi connectivity index (χ2v) is 4.29. The van der Waals surface area contributed by atoms with Crippen LogP contribution in [0.2, 0.25) is 5.15 Å². The van der Waals surface area contributed by atoms with Crippen LogP contribution in [0.25, 0.3) is 10.8 Å². The molecule has 0 bridgehead atoms. The zero-order valence-electron chi connectivity index (χ0n) is 9.98. The third-order valence-corrected chi connectivity index (χ3v) is 2.56. The quantitative estimate of drug-likeness (QED) is 0.565. The van der Waals surface area contributed by atoms with Crippen LogP contribution in [0, 0.1) is 0 Å². The zero-order chi connectivity index (χ0) is 12.4. The van der Waals surface area contributed by atoms with Gasteiger partial charge in [0.25, 0.3) is 0 Å². The van der Waals surface area contributed by atoms with E-state index in [-0.39, 0.29) is 0 Å². The molecule has 0 aliphatic carbocycles. The molecule has 0 saturated carbocycles. The molecular weight excluding hydrogens is 236 g/mol. The predicted octanol–water partition coefficient (Wildman–Crippen LogP) is 2.52. The van der Waals surface area contributed by atoms with E-state index in [0.717, 1.165) is 16.5 Å². The molecule has 5 heteroatoms. The van der Waals surface area contributed by atoms with Crippen LogP contribution in [0.1, 0.15) is 13.8 Å². The van der Waals surface area contributed by atoms with Crippen LogP contribution in [0.3, 0.4) is 0 Å². The fourth-order valence-electron chi connectivity index (χ4n) is 1.53. The standard InChI is InChI=1S/C12H13ClN4/c1-8(2)14-15-12-10-7-5-4-6-9(10)11(13)16-17(12)3/h4-7H,1-3H3/b15-12-. The molecule has 1 aromatic heterocycles. The van der Waals surface area contributed by atoms with Gasteiger partial charge in [-0.15, -0.1) is 5.10 Å². The number of hydrogen-bond donors (Lipinski definition) is 0. The summed E-state index contributed by atoms with van der Waals surface area (Å²) in [5.41, 5.74) is 1.59. The minimum Gasteiger partial charge on any atom is -0.248 e. The van der Waals surface area contributed by atoms with Gasteiger partial charge in [0.1, 0.15) is 0 Å². The first-order valence-corrected chi connectivity index (χ1v) is 5.64. The Hall–Kier alpha value is -1.68. The van der Waals surface area contributed by atoms with Crippen molar-refractivity contribution in [2.75, 3.05) is 0 Å². The van der Waals surface area contributed by atoms with E-state index in [9.17, 15) is 0 Å². The molecule has 88 valence electrons. The molecule has 2 aromatic rings. The van der Waals surface area contributed by atoms with Crippen molar-refractivity contribution >= 4 is 28.1 Å². The molecule has 1 aromatic carbocycles. The van der Waals surface area contributed by atoms with Gasteiger partial charge in [-0.3, -0.25) is 0 Å². The molecule has 4 nitrogen and oxygen atoms in total. The highest BCUT2D eigenvalue weighted by Gasteiger charge is 2.04. The second kappa shape index (κ2) is 4.67. The first-order valence-electron chi connectivity index (χ1n) is 5.26. The van der Waals surface area contributed by atoms with Gasteiger partial charge in [0.05, 0.1) is 0 Å². The second-order valence-electron chi connectivity index (χ2n) is 3.93. The molecule has 2 rings (SSSR count). The highest BCUT2D eigenvalue weighted by Crippen LogP contribution is 2.16. The summed E-state index contributed by atoms with van der Waals surface area (Å²) < 4.78 is 1.64. The van der Waals surface area contributed by atoms with Crippen LogP contribution in [-0.4, -0.2) is 15.5 Å². The normalized spacial score (nSPS) is 11.9. The average molecular weight is 249 g/mol. The number of fused-ring (bicyclic) bond motifs is 1. The van der Waals surface area contributed by atoms with E-state index in [1.807, 2.05) is 38.1 Å². The van der Waals surface area contributed by atoms with Crippen LogP contribution in [-0.2, 0) is 7.05 Å². The van der Waals surface area contributed by atoms with E-state index in [4.69, 9.17) is 11.6 Å². The lowest BCUT2D eigenvalue weighted by atomic mass is 10.2. The van der Waals surface area contributed by atoms with Crippen molar-refractivity contribution < 1.29 is 0 Å². The van der Waals surface area contributed by atoms with Crippen molar-refractivity contribution in [1.29, 1.82) is 0 Å². The van der Waals surface area contributed by atoms with Crippen LogP contribution >= 0.6 is 11.6 Å². The lowest BCUT2D eigenvalue weighted by Gasteiger charge is -2.04. The highest BCUT2D eigenvalue weighted by molar-refractivity contribution is 6.34. The summed E-state index contributed by atoms with van der Waals surface area (Å²) in [6.45, 7) is 3.80. The van der Waals surface area contributed by atoms with Crippen LogP contribution < -0.4 is 5.49 Å². The molecule has 0 fully saturated rings. The molecule has 0 saturated heterocycles. The Labute approximate surface area is 104 Å². The molecule has 1 heterocycles. The van der Waals surface area contributed by atoms with Crippen molar-refractivity contribution in [3.8, 4) is 0 Å². The summed E-state index contributed by atoms with van der Waals surface area (Å²) in [6, 6.07) is 7.75. The SMILES string of the molecule is CC(C)=N/N=c1/c2ccccc2c(Cl)nn1C. The summed E-state index contributed by atoms with van der Waals surface area (Å²) in [7, 11) is 1.80. The largest absolute Gasteiger partial charge is 0.248 e. The molecule has 0 atom stereocenters. The van der Waals surface area contributed by atoms with Gasteiger partial charge >= 0.3 is 0 Å². The van der Waals surface area contributed by atoms with E-state index < -0.39 is 0 Å². The van der Waals surface area contributed by atoms with E-state index in [0.29, 0.717) is 10.6 Å². The molecule has 0 aliphatic heterocycles. The summed E-state index contributed by atoms with van der Waals surface area (Å²) in [6.07, 6.45) is 0. The van der Waals surface area contributed by atoms with Gasteiger partial charge in [0.2, 0.25) is 0 Å². The fourth-order valence-corrected chi connectivity index (χ4v) is 1.81. The van der Waals surface area contributed by atoms with Gasteiger partial charge in [0.15, 0.2) is 10.6 Å². The van der Waals surface area contributed by atoms with Gasteiger partial charge < -0.3 is 0 Å². The maximum absolute atomic E-state index is 6.09. The van der Waals surface area contributed by atoms with E-state index in [1.54, 1.807) is 11.7 Å². The van der Waals surface area contributed by atoms with Gasteiger partial charge in [-0.25, -0.2) is 4.68 Å².